The molecule has 0 spiro atoms. The van der Waals surface area contributed by atoms with Crippen molar-refractivity contribution in [2.24, 2.45) is 11.8 Å². The lowest BCUT2D eigenvalue weighted by Gasteiger charge is -2.26. The largest absolute Gasteiger partial charge is 0.355 e. The zero-order valence-electron chi connectivity index (χ0n) is 9.76. The molecule has 15 heavy (non-hydrogen) atoms. The molecule has 1 aliphatic rings. The Kier molecular flexibility index (Phi) is 5.65. The Labute approximate surface area is 101 Å². The van der Waals surface area contributed by atoms with Crippen molar-refractivity contribution in [2.45, 2.75) is 50.8 Å². The molecule has 1 rings (SSSR count). The highest BCUT2D eigenvalue weighted by molar-refractivity contribution is 9.09. The van der Waals surface area contributed by atoms with Gasteiger partial charge in [-0.25, -0.2) is 0 Å². The SMILES string of the molecule is CCC(CC)C(Br)CNC(=O)C1CCC1. The molecule has 1 atom stereocenters. The van der Waals surface area contributed by atoms with Crippen molar-refractivity contribution in [1.82, 2.24) is 5.32 Å². The molecule has 0 aromatic heterocycles. The maximum Gasteiger partial charge on any atom is 0.223 e. The molecule has 0 saturated heterocycles. The summed E-state index contributed by atoms with van der Waals surface area (Å²) in [5, 5.41) is 3.05. The first-order chi connectivity index (χ1) is 7.19. The molecule has 0 aromatic rings. The fraction of sp³-hybridized carbons (Fsp3) is 0.917. The van der Waals surface area contributed by atoms with Crippen LogP contribution in [0.15, 0.2) is 0 Å². The Bertz CT molecular complexity index is 200. The predicted molar refractivity (Wildman–Crippen MR) is 67.1 cm³/mol. The van der Waals surface area contributed by atoms with Crippen molar-refractivity contribution in [3.8, 4) is 0 Å². The standard InChI is InChI=1S/C12H22BrNO/c1-3-9(4-2)11(13)8-14-12(15)10-6-5-7-10/h9-11H,3-8H2,1-2H3,(H,14,15). The molecule has 0 bridgehead atoms. The van der Waals surface area contributed by atoms with E-state index in [9.17, 15) is 4.79 Å². The van der Waals surface area contributed by atoms with Gasteiger partial charge in [0, 0.05) is 17.3 Å². The van der Waals surface area contributed by atoms with E-state index >= 15 is 0 Å². The monoisotopic (exact) mass is 275 g/mol. The minimum Gasteiger partial charge on any atom is -0.355 e. The topological polar surface area (TPSA) is 29.1 Å². The number of alkyl halides is 1. The van der Waals surface area contributed by atoms with Crippen LogP contribution in [0.4, 0.5) is 0 Å². The molecular weight excluding hydrogens is 254 g/mol. The first-order valence-corrected chi connectivity index (χ1v) is 7.02. The van der Waals surface area contributed by atoms with Gasteiger partial charge in [0.2, 0.25) is 5.91 Å². The Balaban J connectivity index is 2.19. The number of carbonyl (C=O) groups excluding carboxylic acids is 1. The van der Waals surface area contributed by atoms with E-state index < -0.39 is 0 Å². The molecule has 1 saturated carbocycles. The number of hydrogen-bond donors (Lipinski definition) is 1. The molecule has 2 nitrogen and oxygen atoms in total. The van der Waals surface area contributed by atoms with Crippen LogP contribution < -0.4 is 5.32 Å². The molecule has 3 heteroatoms. The Morgan fingerprint density at radius 1 is 1.40 bits per heavy atom. The molecule has 0 radical (unpaired) electrons. The molecule has 1 amide bonds. The molecule has 1 unspecified atom stereocenters. The van der Waals surface area contributed by atoms with Gasteiger partial charge in [-0.2, -0.15) is 0 Å². The van der Waals surface area contributed by atoms with Gasteiger partial charge in [0.05, 0.1) is 0 Å². The summed E-state index contributed by atoms with van der Waals surface area (Å²) in [5.41, 5.74) is 0. The second-order valence-electron chi connectivity index (χ2n) is 4.47. The first-order valence-electron chi connectivity index (χ1n) is 6.10. The van der Waals surface area contributed by atoms with Gasteiger partial charge in [0.1, 0.15) is 0 Å². The van der Waals surface area contributed by atoms with E-state index in [1.807, 2.05) is 0 Å². The quantitative estimate of drug-likeness (QED) is 0.742. The summed E-state index contributed by atoms with van der Waals surface area (Å²) in [6, 6.07) is 0. The maximum atomic E-state index is 11.6. The second-order valence-corrected chi connectivity index (χ2v) is 5.64. The van der Waals surface area contributed by atoms with Crippen LogP contribution in [-0.4, -0.2) is 17.3 Å². The van der Waals surface area contributed by atoms with E-state index in [1.54, 1.807) is 0 Å². The van der Waals surface area contributed by atoms with E-state index in [-0.39, 0.29) is 5.91 Å². The van der Waals surface area contributed by atoms with Gasteiger partial charge in [0.15, 0.2) is 0 Å². The lowest BCUT2D eigenvalue weighted by molar-refractivity contribution is -0.127. The van der Waals surface area contributed by atoms with Crippen LogP contribution in [0.3, 0.4) is 0 Å². The third-order valence-electron chi connectivity index (χ3n) is 3.51. The third-order valence-corrected chi connectivity index (χ3v) is 4.58. The van der Waals surface area contributed by atoms with E-state index in [4.69, 9.17) is 0 Å². The van der Waals surface area contributed by atoms with Gasteiger partial charge in [0.25, 0.3) is 0 Å². The van der Waals surface area contributed by atoms with Gasteiger partial charge in [-0.05, 0) is 18.8 Å². The third kappa shape index (κ3) is 3.78. The van der Waals surface area contributed by atoms with Crippen LogP contribution in [0, 0.1) is 11.8 Å². The van der Waals surface area contributed by atoms with Gasteiger partial charge < -0.3 is 5.32 Å². The summed E-state index contributed by atoms with van der Waals surface area (Å²) in [7, 11) is 0. The van der Waals surface area contributed by atoms with Crippen LogP contribution in [0.5, 0.6) is 0 Å². The zero-order valence-corrected chi connectivity index (χ0v) is 11.3. The fourth-order valence-electron chi connectivity index (χ4n) is 1.98. The van der Waals surface area contributed by atoms with E-state index in [1.165, 1.54) is 19.3 Å². The van der Waals surface area contributed by atoms with Gasteiger partial charge in [-0.3, -0.25) is 4.79 Å². The van der Waals surface area contributed by atoms with Crippen LogP contribution in [0.1, 0.15) is 46.0 Å². The van der Waals surface area contributed by atoms with Gasteiger partial charge in [-0.1, -0.05) is 49.0 Å². The van der Waals surface area contributed by atoms with Crippen LogP contribution >= 0.6 is 15.9 Å². The van der Waals surface area contributed by atoms with Gasteiger partial charge >= 0.3 is 0 Å². The smallest absolute Gasteiger partial charge is 0.223 e. The second kappa shape index (κ2) is 6.51. The predicted octanol–water partition coefficient (Wildman–Crippen LogP) is 3.10. The highest BCUT2D eigenvalue weighted by Gasteiger charge is 2.25. The zero-order chi connectivity index (χ0) is 11.3. The summed E-state index contributed by atoms with van der Waals surface area (Å²) in [6.07, 6.45) is 5.74. The molecule has 0 aromatic carbocycles. The fourth-order valence-corrected chi connectivity index (χ4v) is 2.89. The molecule has 1 aliphatic carbocycles. The highest BCUT2D eigenvalue weighted by atomic mass is 79.9. The number of hydrogen-bond acceptors (Lipinski definition) is 1. The first kappa shape index (κ1) is 13.0. The maximum absolute atomic E-state index is 11.6. The summed E-state index contributed by atoms with van der Waals surface area (Å²) in [6.45, 7) is 5.19. The number of nitrogens with one attached hydrogen (secondary N) is 1. The van der Waals surface area contributed by atoms with Crippen molar-refractivity contribution in [1.29, 1.82) is 0 Å². The Hall–Kier alpha value is -0.0500. The number of carbonyl (C=O) groups is 1. The van der Waals surface area contributed by atoms with Crippen molar-refractivity contribution in [2.75, 3.05) is 6.54 Å². The molecule has 0 aliphatic heterocycles. The van der Waals surface area contributed by atoms with Crippen LogP contribution in [0.2, 0.25) is 0 Å². The van der Waals surface area contributed by atoms with Crippen LogP contribution in [-0.2, 0) is 4.79 Å². The average Bonchev–Trinajstić information content (AvgIpc) is 2.14. The van der Waals surface area contributed by atoms with Crippen LogP contribution in [0.25, 0.3) is 0 Å². The lowest BCUT2D eigenvalue weighted by Crippen LogP contribution is -2.39. The average molecular weight is 276 g/mol. The number of halogens is 1. The van der Waals surface area contributed by atoms with E-state index in [0.717, 1.165) is 19.4 Å². The molecule has 88 valence electrons. The molecule has 0 heterocycles. The van der Waals surface area contributed by atoms with Crippen molar-refractivity contribution in [3.63, 3.8) is 0 Å². The minimum atomic E-state index is 0.261. The van der Waals surface area contributed by atoms with Crippen molar-refractivity contribution >= 4 is 21.8 Å². The van der Waals surface area contributed by atoms with Gasteiger partial charge in [-0.15, -0.1) is 0 Å². The van der Waals surface area contributed by atoms with E-state index in [0.29, 0.717) is 16.7 Å². The molecule has 1 fully saturated rings. The summed E-state index contributed by atoms with van der Waals surface area (Å²) in [4.78, 5) is 12.0. The normalized spacial score (nSPS) is 18.7. The Morgan fingerprint density at radius 2 is 2.00 bits per heavy atom. The Morgan fingerprint density at radius 3 is 2.40 bits per heavy atom. The number of rotatable bonds is 6. The summed E-state index contributed by atoms with van der Waals surface area (Å²) < 4.78 is 0. The molecule has 1 N–H and O–H groups in total. The lowest BCUT2D eigenvalue weighted by atomic mass is 9.85. The molecular formula is C12H22BrNO. The van der Waals surface area contributed by atoms with Crippen molar-refractivity contribution in [3.05, 3.63) is 0 Å². The highest BCUT2D eigenvalue weighted by Crippen LogP contribution is 2.26. The number of amides is 1. The minimum absolute atomic E-state index is 0.261. The summed E-state index contributed by atoms with van der Waals surface area (Å²) in [5.74, 6) is 1.25. The van der Waals surface area contributed by atoms with E-state index in [2.05, 4.69) is 35.1 Å². The van der Waals surface area contributed by atoms with Crippen molar-refractivity contribution < 1.29 is 4.79 Å². The summed E-state index contributed by atoms with van der Waals surface area (Å²) >= 11 is 3.67.